The lowest BCUT2D eigenvalue weighted by Crippen LogP contribution is -2.24. The van der Waals surface area contributed by atoms with Crippen LogP contribution in [0, 0.1) is 0 Å². The minimum Gasteiger partial charge on any atom is -0.496 e. The van der Waals surface area contributed by atoms with Crippen molar-refractivity contribution in [3.63, 3.8) is 0 Å². The second kappa shape index (κ2) is 5.84. The molecule has 3 nitrogen and oxygen atoms in total. The highest BCUT2D eigenvalue weighted by atomic mass is 35.5. The molecule has 24 heavy (non-hydrogen) atoms. The van der Waals surface area contributed by atoms with Crippen LogP contribution in [-0.2, 0) is 4.79 Å². The van der Waals surface area contributed by atoms with E-state index in [1.807, 2.05) is 36.4 Å². The van der Waals surface area contributed by atoms with Gasteiger partial charge in [0.2, 0.25) is 5.91 Å². The van der Waals surface area contributed by atoms with Gasteiger partial charge in [-0.25, -0.2) is 0 Å². The summed E-state index contributed by atoms with van der Waals surface area (Å²) in [4.78, 5) is 12.4. The van der Waals surface area contributed by atoms with Gasteiger partial charge in [0.05, 0.1) is 12.8 Å². The topological polar surface area (TPSA) is 38.3 Å². The molecular weight excluding hydrogens is 322 g/mol. The first kappa shape index (κ1) is 15.0. The van der Waals surface area contributed by atoms with Crippen LogP contribution in [0.2, 0.25) is 5.02 Å². The van der Waals surface area contributed by atoms with Gasteiger partial charge in [0, 0.05) is 28.3 Å². The molecule has 0 bridgehead atoms. The lowest BCUT2D eigenvalue weighted by Gasteiger charge is -2.28. The number of hydrogen-bond donors (Lipinski definition) is 1. The molecule has 0 saturated heterocycles. The third kappa shape index (κ3) is 2.42. The van der Waals surface area contributed by atoms with Gasteiger partial charge in [0.25, 0.3) is 0 Å². The zero-order chi connectivity index (χ0) is 16.7. The summed E-state index contributed by atoms with van der Waals surface area (Å²) in [6.45, 7) is 0. The molecule has 120 valence electrons. The van der Waals surface area contributed by atoms with Crippen LogP contribution < -0.4 is 10.1 Å². The minimum atomic E-state index is -0.0768. The van der Waals surface area contributed by atoms with Gasteiger partial charge in [-0.2, -0.15) is 0 Å². The number of halogens is 1. The van der Waals surface area contributed by atoms with Gasteiger partial charge in [-0.15, -0.1) is 0 Å². The van der Waals surface area contributed by atoms with Crippen molar-refractivity contribution in [3.05, 3.63) is 70.7 Å². The zero-order valence-electron chi connectivity index (χ0n) is 13.2. The molecule has 1 N–H and O–H groups in total. The number of carbonyl (C=O) groups is 1. The van der Waals surface area contributed by atoms with Gasteiger partial charge < -0.3 is 10.1 Å². The second-order valence-electron chi connectivity index (χ2n) is 5.94. The summed E-state index contributed by atoms with van der Waals surface area (Å²) >= 11 is 6.20. The molecule has 1 atom stereocenters. The number of anilines is 1. The Morgan fingerprint density at radius 1 is 1.08 bits per heavy atom. The molecule has 0 fully saturated rings. The van der Waals surface area contributed by atoms with E-state index < -0.39 is 0 Å². The molecule has 4 heteroatoms. The first-order valence-electron chi connectivity index (χ1n) is 7.82. The zero-order valence-corrected chi connectivity index (χ0v) is 13.9. The van der Waals surface area contributed by atoms with Gasteiger partial charge in [-0.1, -0.05) is 48.0 Å². The summed E-state index contributed by atoms with van der Waals surface area (Å²) in [5.74, 6) is 0.677. The van der Waals surface area contributed by atoms with Crippen molar-refractivity contribution in [1.29, 1.82) is 0 Å². The van der Waals surface area contributed by atoms with Crippen LogP contribution in [0.5, 0.6) is 5.75 Å². The number of rotatable bonds is 2. The van der Waals surface area contributed by atoms with Gasteiger partial charge >= 0.3 is 0 Å². The monoisotopic (exact) mass is 337 g/mol. The number of benzene rings is 3. The summed E-state index contributed by atoms with van der Waals surface area (Å²) in [7, 11) is 1.64. The average molecular weight is 338 g/mol. The SMILES string of the molecule is COc1ccc(Cl)cc1C1CC(=O)Nc2c1ccc1ccccc21. The van der Waals surface area contributed by atoms with Crippen LogP contribution in [0.15, 0.2) is 54.6 Å². The highest BCUT2D eigenvalue weighted by molar-refractivity contribution is 6.30. The Morgan fingerprint density at radius 2 is 1.92 bits per heavy atom. The Labute approximate surface area is 145 Å². The maximum atomic E-state index is 12.4. The number of ether oxygens (including phenoxy) is 1. The van der Waals surface area contributed by atoms with Crippen molar-refractivity contribution in [2.24, 2.45) is 0 Å². The molecule has 1 heterocycles. The van der Waals surface area contributed by atoms with E-state index >= 15 is 0 Å². The molecule has 1 unspecified atom stereocenters. The lowest BCUT2D eigenvalue weighted by atomic mass is 9.83. The molecule has 0 aromatic heterocycles. The van der Waals surface area contributed by atoms with E-state index in [9.17, 15) is 4.79 Å². The first-order valence-corrected chi connectivity index (χ1v) is 8.20. The number of carbonyl (C=O) groups excluding carboxylic acids is 1. The number of nitrogens with one attached hydrogen (secondary N) is 1. The van der Waals surface area contributed by atoms with E-state index in [1.165, 1.54) is 0 Å². The Kier molecular flexibility index (Phi) is 3.66. The van der Waals surface area contributed by atoms with Crippen LogP contribution in [0.4, 0.5) is 5.69 Å². The van der Waals surface area contributed by atoms with Crippen LogP contribution in [-0.4, -0.2) is 13.0 Å². The van der Waals surface area contributed by atoms with Crippen LogP contribution in [0.3, 0.4) is 0 Å². The van der Waals surface area contributed by atoms with Gasteiger partial charge in [-0.05, 0) is 29.1 Å². The third-order valence-corrected chi connectivity index (χ3v) is 4.79. The van der Waals surface area contributed by atoms with E-state index in [2.05, 4.69) is 17.4 Å². The van der Waals surface area contributed by atoms with Crippen LogP contribution in [0.1, 0.15) is 23.5 Å². The molecule has 4 rings (SSSR count). The van der Waals surface area contributed by atoms with E-state index in [0.29, 0.717) is 11.4 Å². The molecule has 1 aliphatic heterocycles. The predicted octanol–water partition coefficient (Wildman–Crippen LogP) is 4.98. The van der Waals surface area contributed by atoms with E-state index in [0.717, 1.165) is 33.3 Å². The summed E-state index contributed by atoms with van der Waals surface area (Å²) in [6, 6.07) is 17.8. The van der Waals surface area contributed by atoms with Crippen LogP contribution in [0.25, 0.3) is 10.8 Å². The normalized spacial score (nSPS) is 16.6. The van der Waals surface area contributed by atoms with Crippen molar-refractivity contribution < 1.29 is 9.53 Å². The molecule has 0 radical (unpaired) electrons. The number of hydrogen-bond acceptors (Lipinski definition) is 2. The maximum Gasteiger partial charge on any atom is 0.225 e. The smallest absolute Gasteiger partial charge is 0.225 e. The second-order valence-corrected chi connectivity index (χ2v) is 6.38. The van der Waals surface area contributed by atoms with Crippen molar-refractivity contribution >= 4 is 34.0 Å². The fourth-order valence-corrected chi connectivity index (χ4v) is 3.64. The standard InChI is InChI=1S/C20H16ClNO2/c1-24-18-9-7-13(21)10-17(18)16-11-19(23)22-20-14-5-3-2-4-12(14)6-8-15(16)20/h2-10,16H,11H2,1H3,(H,22,23). The highest BCUT2D eigenvalue weighted by Gasteiger charge is 2.29. The van der Waals surface area contributed by atoms with Crippen molar-refractivity contribution in [3.8, 4) is 5.75 Å². The molecule has 1 amide bonds. The van der Waals surface area contributed by atoms with Crippen LogP contribution >= 0.6 is 11.6 Å². The number of amides is 1. The Bertz CT molecular complexity index is 952. The molecular formula is C20H16ClNO2. The predicted molar refractivity (Wildman–Crippen MR) is 97.0 cm³/mol. The van der Waals surface area contributed by atoms with E-state index in [4.69, 9.17) is 16.3 Å². The summed E-state index contributed by atoms with van der Waals surface area (Å²) in [5.41, 5.74) is 2.92. The lowest BCUT2D eigenvalue weighted by molar-refractivity contribution is -0.116. The number of methoxy groups -OCH3 is 1. The Hall–Kier alpha value is -2.52. The molecule has 0 aliphatic carbocycles. The highest BCUT2D eigenvalue weighted by Crippen LogP contribution is 2.44. The summed E-state index contributed by atoms with van der Waals surface area (Å²) in [5, 5.41) is 5.84. The van der Waals surface area contributed by atoms with E-state index in [-0.39, 0.29) is 11.8 Å². The van der Waals surface area contributed by atoms with E-state index in [1.54, 1.807) is 13.2 Å². The van der Waals surface area contributed by atoms with Crippen molar-refractivity contribution in [1.82, 2.24) is 0 Å². The number of fused-ring (bicyclic) bond motifs is 3. The molecule has 3 aromatic rings. The molecule has 0 saturated carbocycles. The minimum absolute atomic E-state index is 0.00545. The third-order valence-electron chi connectivity index (χ3n) is 4.56. The molecule has 0 spiro atoms. The van der Waals surface area contributed by atoms with Gasteiger partial charge in [0.1, 0.15) is 5.75 Å². The summed E-state index contributed by atoms with van der Waals surface area (Å²) < 4.78 is 5.50. The Balaban J connectivity index is 1.96. The quantitative estimate of drug-likeness (QED) is 0.716. The van der Waals surface area contributed by atoms with Gasteiger partial charge in [0.15, 0.2) is 0 Å². The summed E-state index contributed by atoms with van der Waals surface area (Å²) in [6.07, 6.45) is 0.377. The van der Waals surface area contributed by atoms with Gasteiger partial charge in [-0.3, -0.25) is 4.79 Å². The van der Waals surface area contributed by atoms with Crippen molar-refractivity contribution in [2.75, 3.05) is 12.4 Å². The van der Waals surface area contributed by atoms with Crippen molar-refractivity contribution in [2.45, 2.75) is 12.3 Å². The molecule has 1 aliphatic rings. The molecule has 3 aromatic carbocycles. The fourth-order valence-electron chi connectivity index (χ4n) is 3.46. The Morgan fingerprint density at radius 3 is 2.75 bits per heavy atom. The first-order chi connectivity index (χ1) is 11.7. The fraction of sp³-hybridized carbons (Fsp3) is 0.150. The average Bonchev–Trinajstić information content (AvgIpc) is 2.61. The largest absolute Gasteiger partial charge is 0.496 e. The maximum absolute atomic E-state index is 12.4.